The van der Waals surface area contributed by atoms with E-state index in [0.717, 1.165) is 12.1 Å². The predicted molar refractivity (Wildman–Crippen MR) is 79.1 cm³/mol. The van der Waals surface area contributed by atoms with Crippen LogP contribution in [0.1, 0.15) is 19.4 Å². The maximum Gasteiger partial charge on any atom is 0.335 e. The van der Waals surface area contributed by atoms with Crippen molar-refractivity contribution in [1.82, 2.24) is 0 Å². The highest BCUT2D eigenvalue weighted by Crippen LogP contribution is 2.18. The Morgan fingerprint density at radius 2 is 1.95 bits per heavy atom. The molecule has 0 aliphatic carbocycles. The molecule has 0 aliphatic heterocycles. The Kier molecular flexibility index (Phi) is 5.98. The first-order valence-electron chi connectivity index (χ1n) is 6.47. The summed E-state index contributed by atoms with van der Waals surface area (Å²) in [5, 5.41) is 0. The van der Waals surface area contributed by atoms with Crippen LogP contribution in [0.5, 0.6) is 0 Å². The third-order valence-electron chi connectivity index (χ3n) is 3.11. The van der Waals surface area contributed by atoms with Crippen LogP contribution in [0.4, 0.5) is 0 Å². The van der Waals surface area contributed by atoms with E-state index in [0.29, 0.717) is 5.57 Å². The molecule has 0 fully saturated rings. The summed E-state index contributed by atoms with van der Waals surface area (Å²) < 4.78 is 10.9. The minimum Gasteiger partial charge on any atom is -0.436 e. The maximum atomic E-state index is 11.3. The van der Waals surface area contributed by atoms with E-state index in [1.54, 1.807) is 6.92 Å². The largest absolute Gasteiger partial charge is 0.436 e. The van der Waals surface area contributed by atoms with E-state index >= 15 is 0 Å². The zero-order chi connectivity index (χ0) is 14.3. The van der Waals surface area contributed by atoms with Crippen molar-refractivity contribution >= 4 is 14.3 Å². The predicted octanol–water partition coefficient (Wildman–Crippen LogP) is 3.46. The smallest absolute Gasteiger partial charge is 0.335 e. The third-order valence-corrected chi connectivity index (χ3v) is 6.58. The number of rotatable bonds is 7. The molecule has 1 atom stereocenters. The maximum absolute atomic E-state index is 11.3. The SMILES string of the molecule is C=C(C)C(=O)OCO[Si](C)(CC)Cc1ccccc1. The van der Waals surface area contributed by atoms with Crippen molar-refractivity contribution in [2.24, 2.45) is 0 Å². The Hall–Kier alpha value is -1.39. The van der Waals surface area contributed by atoms with E-state index in [1.165, 1.54) is 5.56 Å². The van der Waals surface area contributed by atoms with Gasteiger partial charge in [-0.3, -0.25) is 0 Å². The van der Waals surface area contributed by atoms with E-state index in [2.05, 4.69) is 32.2 Å². The van der Waals surface area contributed by atoms with Crippen LogP contribution in [0, 0.1) is 0 Å². The van der Waals surface area contributed by atoms with Crippen molar-refractivity contribution in [1.29, 1.82) is 0 Å². The van der Waals surface area contributed by atoms with Crippen LogP contribution < -0.4 is 0 Å². The monoisotopic (exact) mass is 278 g/mol. The summed E-state index contributed by atoms with van der Waals surface area (Å²) in [4.78, 5) is 11.3. The Labute approximate surface area is 116 Å². The van der Waals surface area contributed by atoms with Gasteiger partial charge < -0.3 is 9.16 Å². The lowest BCUT2D eigenvalue weighted by Gasteiger charge is -2.26. The summed E-state index contributed by atoms with van der Waals surface area (Å²) in [5.74, 6) is -0.396. The molecule has 0 radical (unpaired) electrons. The van der Waals surface area contributed by atoms with Crippen LogP contribution >= 0.6 is 0 Å². The summed E-state index contributed by atoms with van der Waals surface area (Å²) in [5.41, 5.74) is 1.66. The molecular weight excluding hydrogens is 256 g/mol. The molecule has 19 heavy (non-hydrogen) atoms. The zero-order valence-electron chi connectivity index (χ0n) is 11.9. The molecule has 0 aliphatic rings. The standard InChI is InChI=1S/C15H22O3Si/c1-5-19(4,11-14-9-7-6-8-10-14)18-12-17-15(16)13(2)3/h6-10H,2,5,11-12H2,1,3-4H3. The van der Waals surface area contributed by atoms with Gasteiger partial charge in [0.25, 0.3) is 0 Å². The van der Waals surface area contributed by atoms with Gasteiger partial charge in [-0.25, -0.2) is 4.79 Å². The van der Waals surface area contributed by atoms with Gasteiger partial charge in [-0.15, -0.1) is 0 Å². The molecule has 1 aromatic carbocycles. The molecule has 1 rings (SSSR count). The Morgan fingerprint density at radius 3 is 2.47 bits per heavy atom. The van der Waals surface area contributed by atoms with Crippen molar-refractivity contribution in [3.05, 3.63) is 48.0 Å². The molecule has 0 spiro atoms. The summed E-state index contributed by atoms with van der Waals surface area (Å²) in [6.45, 7) is 9.47. The molecule has 4 heteroatoms. The van der Waals surface area contributed by atoms with Crippen LogP contribution in [-0.2, 0) is 20.0 Å². The molecule has 0 bridgehead atoms. The number of hydrogen-bond acceptors (Lipinski definition) is 3. The summed E-state index contributed by atoms with van der Waals surface area (Å²) >= 11 is 0. The number of esters is 1. The van der Waals surface area contributed by atoms with Crippen LogP contribution in [-0.4, -0.2) is 21.1 Å². The minimum atomic E-state index is -1.87. The van der Waals surface area contributed by atoms with Crippen molar-refractivity contribution in [3.63, 3.8) is 0 Å². The van der Waals surface area contributed by atoms with Gasteiger partial charge in [0, 0.05) is 5.57 Å². The van der Waals surface area contributed by atoms with Gasteiger partial charge in [-0.1, -0.05) is 43.8 Å². The zero-order valence-corrected chi connectivity index (χ0v) is 12.9. The Morgan fingerprint density at radius 1 is 1.32 bits per heavy atom. The molecule has 1 aromatic rings. The molecule has 104 valence electrons. The molecule has 0 aromatic heterocycles. The lowest BCUT2D eigenvalue weighted by molar-refractivity contribution is -0.145. The van der Waals surface area contributed by atoms with Crippen molar-refractivity contribution in [2.75, 3.05) is 6.79 Å². The number of hydrogen-bond donors (Lipinski definition) is 0. The van der Waals surface area contributed by atoms with Gasteiger partial charge in [0.05, 0.1) is 0 Å². The van der Waals surface area contributed by atoms with E-state index in [-0.39, 0.29) is 6.79 Å². The van der Waals surface area contributed by atoms with Gasteiger partial charge in [0.2, 0.25) is 0 Å². The topological polar surface area (TPSA) is 35.5 Å². The van der Waals surface area contributed by atoms with Gasteiger partial charge in [0.1, 0.15) is 0 Å². The number of ether oxygens (including phenoxy) is 1. The second kappa shape index (κ2) is 7.26. The number of benzene rings is 1. The first-order chi connectivity index (χ1) is 8.97. The quantitative estimate of drug-likeness (QED) is 0.332. The Balaban J connectivity index is 2.51. The molecular formula is C15H22O3Si. The lowest BCUT2D eigenvalue weighted by Crippen LogP contribution is -2.38. The number of carbonyl (C=O) groups excluding carboxylic acids is 1. The van der Waals surface area contributed by atoms with Crippen molar-refractivity contribution in [2.45, 2.75) is 32.5 Å². The molecule has 3 nitrogen and oxygen atoms in total. The molecule has 1 unspecified atom stereocenters. The van der Waals surface area contributed by atoms with Gasteiger partial charge in [-0.05, 0) is 31.1 Å². The van der Waals surface area contributed by atoms with Crippen LogP contribution in [0.25, 0.3) is 0 Å². The summed E-state index contributed by atoms with van der Waals surface area (Å²) in [6, 6.07) is 12.2. The fraction of sp³-hybridized carbons (Fsp3) is 0.400. The molecule has 0 heterocycles. The second-order valence-electron chi connectivity index (χ2n) is 4.94. The first-order valence-corrected chi connectivity index (χ1v) is 9.29. The average Bonchev–Trinajstić information content (AvgIpc) is 2.39. The van der Waals surface area contributed by atoms with Gasteiger partial charge in [-0.2, -0.15) is 0 Å². The van der Waals surface area contributed by atoms with Crippen LogP contribution in [0.15, 0.2) is 42.5 Å². The normalized spacial score (nSPS) is 13.6. The van der Waals surface area contributed by atoms with Crippen molar-refractivity contribution in [3.8, 4) is 0 Å². The van der Waals surface area contributed by atoms with E-state index in [1.807, 2.05) is 18.2 Å². The highest BCUT2D eigenvalue weighted by atomic mass is 28.4. The van der Waals surface area contributed by atoms with Crippen LogP contribution in [0.3, 0.4) is 0 Å². The summed E-state index contributed by atoms with van der Waals surface area (Å²) in [6.07, 6.45) is 0. The summed E-state index contributed by atoms with van der Waals surface area (Å²) in [7, 11) is -1.87. The van der Waals surface area contributed by atoms with Crippen molar-refractivity contribution < 1.29 is 14.0 Å². The highest BCUT2D eigenvalue weighted by Gasteiger charge is 2.27. The van der Waals surface area contributed by atoms with Crippen LogP contribution in [0.2, 0.25) is 12.6 Å². The number of carbonyl (C=O) groups is 1. The average molecular weight is 278 g/mol. The van der Waals surface area contributed by atoms with E-state index in [4.69, 9.17) is 9.16 Å². The van der Waals surface area contributed by atoms with Gasteiger partial charge >= 0.3 is 5.97 Å². The second-order valence-corrected chi connectivity index (χ2v) is 9.19. The molecule has 0 amide bonds. The third kappa shape index (κ3) is 5.40. The molecule has 0 saturated carbocycles. The Bertz CT molecular complexity index is 430. The minimum absolute atomic E-state index is 0.0229. The van der Waals surface area contributed by atoms with E-state index in [9.17, 15) is 4.79 Å². The first kappa shape index (κ1) is 15.7. The fourth-order valence-electron chi connectivity index (χ4n) is 1.65. The van der Waals surface area contributed by atoms with Gasteiger partial charge in [0.15, 0.2) is 15.1 Å². The lowest BCUT2D eigenvalue weighted by atomic mass is 10.2. The molecule has 0 N–H and O–H groups in total. The highest BCUT2D eigenvalue weighted by molar-refractivity contribution is 6.71. The fourth-order valence-corrected chi connectivity index (χ4v) is 3.65. The van der Waals surface area contributed by atoms with E-state index < -0.39 is 14.3 Å². The molecule has 0 saturated heterocycles.